The Balaban J connectivity index is 1.99. The highest BCUT2D eigenvalue weighted by molar-refractivity contribution is 6.21. The van der Waals surface area contributed by atoms with E-state index in [9.17, 15) is 9.59 Å². The lowest BCUT2D eigenvalue weighted by atomic mass is 10.1. The molecule has 2 aliphatic rings. The van der Waals surface area contributed by atoms with Crippen LogP contribution in [0.5, 0.6) is 0 Å². The Kier molecular flexibility index (Phi) is 2.26. The monoisotopic (exact) mass is 231 g/mol. The summed E-state index contributed by atoms with van der Waals surface area (Å²) in [6.45, 7) is 2.61. The largest absolute Gasteiger partial charge is 0.371 e. The number of carbonyl (C=O) groups excluding carboxylic acids is 2. The van der Waals surface area contributed by atoms with E-state index in [-0.39, 0.29) is 24.0 Å². The van der Waals surface area contributed by atoms with Crippen LogP contribution in [0.25, 0.3) is 0 Å². The molecule has 2 unspecified atom stereocenters. The Morgan fingerprint density at radius 1 is 1.29 bits per heavy atom. The van der Waals surface area contributed by atoms with Crippen LogP contribution in [0.2, 0.25) is 0 Å². The molecule has 0 saturated carbocycles. The number of imide groups is 1. The highest BCUT2D eigenvalue weighted by Gasteiger charge is 2.45. The molecule has 1 fully saturated rings. The van der Waals surface area contributed by atoms with Gasteiger partial charge < -0.3 is 4.74 Å². The van der Waals surface area contributed by atoms with Crippen LogP contribution in [-0.4, -0.2) is 35.5 Å². The summed E-state index contributed by atoms with van der Waals surface area (Å²) in [6, 6.07) is 6.85. The normalized spacial score (nSPS) is 23.8. The first kappa shape index (κ1) is 10.5. The number of carbonyl (C=O) groups is 2. The summed E-state index contributed by atoms with van der Waals surface area (Å²) in [5, 5.41) is 0. The lowest BCUT2D eigenvalue weighted by Gasteiger charge is -2.23. The summed E-state index contributed by atoms with van der Waals surface area (Å²) < 4.78 is 5.22. The Labute approximate surface area is 99.2 Å². The molecular formula is C13H13NO3. The van der Waals surface area contributed by atoms with E-state index in [4.69, 9.17) is 4.74 Å². The highest BCUT2D eigenvalue weighted by Crippen LogP contribution is 2.30. The quantitative estimate of drug-likeness (QED) is 0.584. The van der Waals surface area contributed by atoms with Crippen LogP contribution >= 0.6 is 0 Å². The maximum Gasteiger partial charge on any atom is 0.261 e. The van der Waals surface area contributed by atoms with E-state index in [0.29, 0.717) is 17.7 Å². The Bertz CT molecular complexity index is 458. The number of epoxide rings is 1. The van der Waals surface area contributed by atoms with E-state index >= 15 is 0 Å². The molecule has 88 valence electrons. The first-order chi connectivity index (χ1) is 8.24. The maximum absolute atomic E-state index is 12.2. The third kappa shape index (κ3) is 1.48. The zero-order valence-corrected chi connectivity index (χ0v) is 9.55. The zero-order chi connectivity index (χ0) is 12.0. The van der Waals surface area contributed by atoms with Crippen LogP contribution in [0.1, 0.15) is 34.1 Å². The van der Waals surface area contributed by atoms with Crippen LogP contribution in [-0.2, 0) is 4.74 Å². The average molecular weight is 231 g/mol. The second kappa shape index (κ2) is 3.67. The molecule has 0 bridgehead atoms. The predicted molar refractivity (Wildman–Crippen MR) is 60.8 cm³/mol. The topological polar surface area (TPSA) is 49.9 Å². The number of fused-ring (bicyclic) bond motifs is 1. The molecule has 2 heterocycles. The third-order valence-electron chi connectivity index (χ3n) is 3.36. The van der Waals surface area contributed by atoms with Crippen molar-refractivity contribution in [2.75, 3.05) is 6.61 Å². The van der Waals surface area contributed by atoms with Gasteiger partial charge in [-0.1, -0.05) is 19.1 Å². The van der Waals surface area contributed by atoms with Gasteiger partial charge in [0.25, 0.3) is 11.8 Å². The molecule has 0 N–H and O–H groups in total. The molecule has 2 aliphatic heterocycles. The summed E-state index contributed by atoms with van der Waals surface area (Å²) in [7, 11) is 0. The molecule has 0 radical (unpaired) electrons. The SMILES string of the molecule is CCC(C1CO1)N1C(=O)c2ccccc2C1=O. The molecule has 0 aromatic heterocycles. The maximum atomic E-state index is 12.2. The van der Waals surface area contributed by atoms with Crippen molar-refractivity contribution in [2.24, 2.45) is 0 Å². The van der Waals surface area contributed by atoms with Crippen molar-refractivity contribution in [1.82, 2.24) is 4.90 Å². The van der Waals surface area contributed by atoms with E-state index < -0.39 is 0 Å². The molecule has 1 saturated heterocycles. The summed E-state index contributed by atoms with van der Waals surface area (Å²) in [5.41, 5.74) is 1.02. The zero-order valence-electron chi connectivity index (χ0n) is 9.55. The van der Waals surface area contributed by atoms with Gasteiger partial charge in [-0.15, -0.1) is 0 Å². The fourth-order valence-electron chi connectivity index (χ4n) is 2.40. The molecule has 17 heavy (non-hydrogen) atoms. The molecular weight excluding hydrogens is 218 g/mol. The van der Waals surface area contributed by atoms with Gasteiger partial charge in [0.15, 0.2) is 0 Å². The molecule has 3 rings (SSSR count). The summed E-state index contributed by atoms with van der Waals surface area (Å²) in [4.78, 5) is 25.7. The lowest BCUT2D eigenvalue weighted by molar-refractivity contribution is 0.0551. The van der Waals surface area contributed by atoms with Crippen LogP contribution in [0, 0.1) is 0 Å². The average Bonchev–Trinajstić information content (AvgIpc) is 3.15. The van der Waals surface area contributed by atoms with Gasteiger partial charge in [0.05, 0.1) is 23.8 Å². The minimum atomic E-state index is -0.187. The van der Waals surface area contributed by atoms with Crippen molar-refractivity contribution in [1.29, 1.82) is 0 Å². The van der Waals surface area contributed by atoms with Gasteiger partial charge in [-0.2, -0.15) is 0 Å². The van der Waals surface area contributed by atoms with Crippen molar-refractivity contribution < 1.29 is 14.3 Å². The van der Waals surface area contributed by atoms with Crippen LogP contribution in [0.3, 0.4) is 0 Å². The number of hydrogen-bond donors (Lipinski definition) is 0. The van der Waals surface area contributed by atoms with Gasteiger partial charge in [0, 0.05) is 0 Å². The molecule has 2 atom stereocenters. The standard InChI is InChI=1S/C13H13NO3/c1-2-10(11-7-17-11)14-12(15)8-5-3-4-6-9(8)13(14)16/h3-6,10-11H,2,7H2,1H3. The Morgan fingerprint density at radius 2 is 1.82 bits per heavy atom. The number of benzene rings is 1. The van der Waals surface area contributed by atoms with Gasteiger partial charge in [-0.05, 0) is 18.6 Å². The fourth-order valence-corrected chi connectivity index (χ4v) is 2.40. The van der Waals surface area contributed by atoms with Crippen molar-refractivity contribution in [3.63, 3.8) is 0 Å². The van der Waals surface area contributed by atoms with E-state index in [0.717, 1.165) is 6.42 Å². The number of amides is 2. The summed E-state index contributed by atoms with van der Waals surface area (Å²) >= 11 is 0. The van der Waals surface area contributed by atoms with E-state index in [1.165, 1.54) is 4.90 Å². The number of rotatable bonds is 3. The second-order valence-electron chi connectivity index (χ2n) is 4.37. The van der Waals surface area contributed by atoms with Gasteiger partial charge >= 0.3 is 0 Å². The van der Waals surface area contributed by atoms with Crippen molar-refractivity contribution in [3.8, 4) is 0 Å². The predicted octanol–water partition coefficient (Wildman–Crippen LogP) is 1.46. The minimum absolute atomic E-state index is 0.0298. The molecule has 4 nitrogen and oxygen atoms in total. The summed E-state index contributed by atoms with van der Waals surface area (Å²) in [5.74, 6) is -0.374. The first-order valence-electron chi connectivity index (χ1n) is 5.82. The molecule has 0 aliphatic carbocycles. The molecule has 4 heteroatoms. The second-order valence-corrected chi connectivity index (χ2v) is 4.37. The number of nitrogens with zero attached hydrogens (tertiary/aromatic N) is 1. The smallest absolute Gasteiger partial charge is 0.261 e. The fraction of sp³-hybridized carbons (Fsp3) is 0.385. The van der Waals surface area contributed by atoms with Gasteiger partial charge in [-0.3, -0.25) is 14.5 Å². The van der Waals surface area contributed by atoms with Gasteiger partial charge in [-0.25, -0.2) is 0 Å². The highest BCUT2D eigenvalue weighted by atomic mass is 16.6. The third-order valence-corrected chi connectivity index (χ3v) is 3.36. The molecule has 1 aromatic carbocycles. The molecule has 2 amide bonds. The number of ether oxygens (including phenoxy) is 1. The van der Waals surface area contributed by atoms with Crippen molar-refractivity contribution >= 4 is 11.8 Å². The van der Waals surface area contributed by atoms with Crippen molar-refractivity contribution in [3.05, 3.63) is 35.4 Å². The molecule has 0 spiro atoms. The van der Waals surface area contributed by atoms with E-state index in [1.54, 1.807) is 24.3 Å². The van der Waals surface area contributed by atoms with E-state index in [1.807, 2.05) is 6.92 Å². The Morgan fingerprint density at radius 3 is 2.24 bits per heavy atom. The first-order valence-corrected chi connectivity index (χ1v) is 5.82. The minimum Gasteiger partial charge on any atom is -0.371 e. The van der Waals surface area contributed by atoms with Gasteiger partial charge in [0.2, 0.25) is 0 Å². The van der Waals surface area contributed by atoms with Gasteiger partial charge in [0.1, 0.15) is 6.10 Å². The van der Waals surface area contributed by atoms with Crippen molar-refractivity contribution in [2.45, 2.75) is 25.5 Å². The number of hydrogen-bond acceptors (Lipinski definition) is 3. The Hall–Kier alpha value is -1.68. The van der Waals surface area contributed by atoms with Crippen LogP contribution in [0.4, 0.5) is 0 Å². The lowest BCUT2D eigenvalue weighted by Crippen LogP contribution is -2.42. The molecule has 1 aromatic rings. The van der Waals surface area contributed by atoms with Crippen LogP contribution in [0.15, 0.2) is 24.3 Å². The summed E-state index contributed by atoms with van der Waals surface area (Å²) in [6.07, 6.45) is 0.762. The van der Waals surface area contributed by atoms with E-state index in [2.05, 4.69) is 0 Å². The van der Waals surface area contributed by atoms with Crippen LogP contribution < -0.4 is 0 Å².